The molecular weight excluding hydrogens is 514 g/mol. The number of amides is 1. The predicted octanol–water partition coefficient (Wildman–Crippen LogP) is 7.04. The van der Waals surface area contributed by atoms with Gasteiger partial charge in [0.05, 0.1) is 33.4 Å². The largest absolute Gasteiger partial charge is 0.324 e. The molecule has 7 heteroatoms. The molecule has 3 aromatic carbocycles. The van der Waals surface area contributed by atoms with E-state index in [1.165, 1.54) is 23.7 Å². The smallest absolute Gasteiger partial charge is 0.263 e. The molecule has 0 atom stereocenters. The quantitative estimate of drug-likeness (QED) is 0.217. The van der Waals surface area contributed by atoms with Crippen molar-refractivity contribution < 1.29 is 4.79 Å². The fourth-order valence-corrected chi connectivity index (χ4v) is 6.96. The highest BCUT2D eigenvalue weighted by Gasteiger charge is 2.43. The zero-order valence-electron chi connectivity index (χ0n) is 21.0. The average molecular weight is 542 g/mol. The van der Waals surface area contributed by atoms with Crippen molar-refractivity contribution in [2.24, 2.45) is 0 Å². The number of benzene rings is 3. The highest BCUT2D eigenvalue weighted by molar-refractivity contribution is 7.99. The van der Waals surface area contributed by atoms with Gasteiger partial charge in [-0.2, -0.15) is 0 Å². The molecule has 1 spiro atoms. The van der Waals surface area contributed by atoms with Gasteiger partial charge in [-0.25, -0.2) is 4.98 Å². The van der Waals surface area contributed by atoms with Crippen LogP contribution in [-0.2, 0) is 16.6 Å². The molecule has 0 aliphatic heterocycles. The van der Waals surface area contributed by atoms with Crippen LogP contribution in [0.1, 0.15) is 43.2 Å². The number of anilines is 1. The summed E-state index contributed by atoms with van der Waals surface area (Å²) < 4.78 is 1.70. The van der Waals surface area contributed by atoms with Gasteiger partial charge in [0, 0.05) is 11.0 Å². The molecule has 2 aliphatic carbocycles. The van der Waals surface area contributed by atoms with Gasteiger partial charge < -0.3 is 5.32 Å². The Morgan fingerprint density at radius 1 is 0.947 bits per heavy atom. The van der Waals surface area contributed by atoms with E-state index in [9.17, 15) is 9.59 Å². The van der Waals surface area contributed by atoms with Gasteiger partial charge in [-0.15, -0.1) is 0 Å². The minimum atomic E-state index is -0.209. The molecule has 38 heavy (non-hydrogen) atoms. The Kier molecular flexibility index (Phi) is 6.85. The summed E-state index contributed by atoms with van der Waals surface area (Å²) in [6.07, 6.45) is 6.29. The van der Waals surface area contributed by atoms with Crippen molar-refractivity contribution in [3.05, 3.63) is 105 Å². The molecule has 1 N–H and O–H groups in total. The van der Waals surface area contributed by atoms with Gasteiger partial charge in [-0.05, 0) is 49.1 Å². The van der Waals surface area contributed by atoms with Crippen LogP contribution in [0.2, 0.25) is 5.02 Å². The predicted molar refractivity (Wildman–Crippen MR) is 155 cm³/mol. The van der Waals surface area contributed by atoms with Crippen LogP contribution in [-0.4, -0.2) is 21.2 Å². The first-order valence-electron chi connectivity index (χ1n) is 13.0. The van der Waals surface area contributed by atoms with Crippen LogP contribution >= 0.6 is 23.4 Å². The molecule has 2 aliphatic rings. The third kappa shape index (κ3) is 4.56. The number of para-hydroxylation sites is 2. The van der Waals surface area contributed by atoms with E-state index in [1.807, 2.05) is 48.5 Å². The van der Waals surface area contributed by atoms with Crippen molar-refractivity contribution in [2.45, 2.75) is 49.1 Å². The second-order valence-corrected chi connectivity index (χ2v) is 11.4. The molecule has 192 valence electrons. The SMILES string of the molecule is O=C(CSc1nc2c(c(=O)n1-c1ccccc1)C1(CCCCC1)Cc1ccccc1-2)Nc1ccccc1Cl. The van der Waals surface area contributed by atoms with E-state index < -0.39 is 0 Å². The zero-order valence-corrected chi connectivity index (χ0v) is 22.5. The molecule has 0 bridgehead atoms. The molecule has 1 aromatic heterocycles. The van der Waals surface area contributed by atoms with Gasteiger partial charge in [0.25, 0.3) is 5.56 Å². The van der Waals surface area contributed by atoms with Gasteiger partial charge in [0.15, 0.2) is 5.16 Å². The molecule has 0 radical (unpaired) electrons. The van der Waals surface area contributed by atoms with Crippen molar-refractivity contribution in [1.29, 1.82) is 0 Å². The summed E-state index contributed by atoms with van der Waals surface area (Å²) in [6.45, 7) is 0. The number of thioether (sulfide) groups is 1. The van der Waals surface area contributed by atoms with Gasteiger partial charge >= 0.3 is 0 Å². The number of nitrogens with zero attached hydrogens (tertiary/aromatic N) is 2. The molecule has 6 rings (SSSR count). The molecule has 5 nitrogen and oxygen atoms in total. The average Bonchev–Trinajstić information content (AvgIpc) is 2.94. The first-order valence-corrected chi connectivity index (χ1v) is 14.4. The van der Waals surface area contributed by atoms with E-state index >= 15 is 0 Å². The normalized spacial score (nSPS) is 15.5. The molecule has 1 amide bonds. The number of halogens is 1. The summed E-state index contributed by atoms with van der Waals surface area (Å²) >= 11 is 7.50. The second kappa shape index (κ2) is 10.4. The number of carbonyl (C=O) groups excluding carboxylic acids is 1. The minimum Gasteiger partial charge on any atom is -0.324 e. The standard InChI is InChI=1S/C31H28ClN3O2S/c32-24-15-7-8-16-25(24)33-26(36)20-38-30-34-28-23-14-6-5-11-21(23)19-31(17-9-2-10-18-31)27(28)29(37)35(30)22-12-3-1-4-13-22/h1,3-8,11-16H,2,9-10,17-20H2,(H,33,36). The van der Waals surface area contributed by atoms with E-state index in [-0.39, 0.29) is 22.6 Å². The minimum absolute atomic E-state index is 0.0217. The summed E-state index contributed by atoms with van der Waals surface area (Å²) in [6, 6.07) is 25.1. The van der Waals surface area contributed by atoms with E-state index in [0.717, 1.165) is 54.6 Å². The van der Waals surface area contributed by atoms with Crippen LogP contribution in [0, 0.1) is 0 Å². The van der Waals surface area contributed by atoms with Crippen molar-refractivity contribution in [3.63, 3.8) is 0 Å². The Balaban J connectivity index is 1.46. The molecule has 1 saturated carbocycles. The van der Waals surface area contributed by atoms with E-state index in [4.69, 9.17) is 16.6 Å². The maximum Gasteiger partial charge on any atom is 0.263 e. The Bertz CT molecular complexity index is 1560. The van der Waals surface area contributed by atoms with Gasteiger partial charge in [-0.1, -0.05) is 97.2 Å². The number of carbonyl (C=O) groups is 1. The third-order valence-corrected chi connectivity index (χ3v) is 8.96. The number of rotatable bonds is 5. The Labute approximate surface area is 231 Å². The number of hydrogen-bond acceptors (Lipinski definition) is 4. The highest BCUT2D eigenvalue weighted by Crippen LogP contribution is 2.49. The Hall–Kier alpha value is -3.35. The number of nitrogens with one attached hydrogen (secondary N) is 1. The summed E-state index contributed by atoms with van der Waals surface area (Å²) in [5.41, 5.74) is 4.99. The third-order valence-electron chi connectivity index (χ3n) is 7.69. The lowest BCUT2D eigenvalue weighted by atomic mass is 9.62. The first-order chi connectivity index (χ1) is 18.6. The summed E-state index contributed by atoms with van der Waals surface area (Å²) in [7, 11) is 0. The van der Waals surface area contributed by atoms with Crippen LogP contribution in [0.4, 0.5) is 5.69 Å². The topological polar surface area (TPSA) is 64.0 Å². The maximum absolute atomic E-state index is 14.5. The van der Waals surface area contributed by atoms with E-state index in [2.05, 4.69) is 23.5 Å². The maximum atomic E-state index is 14.5. The van der Waals surface area contributed by atoms with Gasteiger partial charge in [-0.3, -0.25) is 14.2 Å². The Morgan fingerprint density at radius 3 is 2.45 bits per heavy atom. The summed E-state index contributed by atoms with van der Waals surface area (Å²) in [5, 5.41) is 3.86. The van der Waals surface area contributed by atoms with Crippen molar-refractivity contribution in [1.82, 2.24) is 9.55 Å². The first kappa shape index (κ1) is 25.0. The molecular formula is C31H28ClN3O2S. The molecule has 1 heterocycles. The number of fused-ring (bicyclic) bond motifs is 4. The van der Waals surface area contributed by atoms with Crippen LogP contribution in [0.15, 0.2) is 88.8 Å². The highest BCUT2D eigenvalue weighted by atomic mass is 35.5. The number of aromatic nitrogens is 2. The monoisotopic (exact) mass is 541 g/mol. The van der Waals surface area contributed by atoms with Gasteiger partial charge in [0.1, 0.15) is 0 Å². The molecule has 4 aromatic rings. The summed E-state index contributed by atoms with van der Waals surface area (Å²) in [4.78, 5) is 32.5. The van der Waals surface area contributed by atoms with Crippen LogP contribution in [0.3, 0.4) is 0 Å². The van der Waals surface area contributed by atoms with Crippen molar-refractivity contribution in [3.8, 4) is 16.9 Å². The lowest BCUT2D eigenvalue weighted by Gasteiger charge is -2.42. The second-order valence-electron chi connectivity index (χ2n) is 10.1. The number of hydrogen-bond donors (Lipinski definition) is 1. The van der Waals surface area contributed by atoms with Crippen LogP contribution in [0.5, 0.6) is 0 Å². The molecule has 0 unspecified atom stereocenters. The van der Waals surface area contributed by atoms with Gasteiger partial charge in [0.2, 0.25) is 5.91 Å². The van der Waals surface area contributed by atoms with E-state index in [0.29, 0.717) is 15.9 Å². The van der Waals surface area contributed by atoms with Crippen LogP contribution < -0.4 is 10.9 Å². The lowest BCUT2D eigenvalue weighted by molar-refractivity contribution is -0.113. The lowest BCUT2D eigenvalue weighted by Crippen LogP contribution is -2.43. The Morgan fingerprint density at radius 2 is 1.66 bits per heavy atom. The van der Waals surface area contributed by atoms with Crippen LogP contribution in [0.25, 0.3) is 16.9 Å². The molecule has 1 fully saturated rings. The zero-order chi connectivity index (χ0) is 26.1. The van der Waals surface area contributed by atoms with Crippen molar-refractivity contribution in [2.75, 3.05) is 11.1 Å². The molecule has 0 saturated heterocycles. The van der Waals surface area contributed by atoms with Crippen molar-refractivity contribution >= 4 is 35.0 Å². The fourth-order valence-electron chi connectivity index (χ4n) is 5.97. The van der Waals surface area contributed by atoms with E-state index in [1.54, 1.807) is 16.7 Å². The summed E-state index contributed by atoms with van der Waals surface area (Å²) in [5.74, 6) is -0.116. The fraction of sp³-hybridized carbons (Fsp3) is 0.258.